The molecule has 3 N–H and O–H groups in total. The predicted molar refractivity (Wildman–Crippen MR) is 106 cm³/mol. The number of carbonyl (C=O) groups is 3. The van der Waals surface area contributed by atoms with Gasteiger partial charge in [0.2, 0.25) is 17.7 Å². The monoisotopic (exact) mass is 387 g/mol. The Labute approximate surface area is 165 Å². The van der Waals surface area contributed by atoms with Gasteiger partial charge in [-0.2, -0.15) is 5.10 Å². The Morgan fingerprint density at radius 2 is 1.83 bits per heavy atom. The van der Waals surface area contributed by atoms with Gasteiger partial charge in [-0.05, 0) is 23.8 Å². The highest BCUT2D eigenvalue weighted by Gasteiger charge is 2.56. The molecule has 0 radical (unpaired) electrons. The fraction of sp³-hybridized carbons (Fsp3) is 0.143. The van der Waals surface area contributed by atoms with Gasteiger partial charge < -0.3 is 15.5 Å². The summed E-state index contributed by atoms with van der Waals surface area (Å²) in [5, 5.41) is 12.3. The van der Waals surface area contributed by atoms with E-state index in [9.17, 15) is 14.4 Å². The van der Waals surface area contributed by atoms with Crippen molar-refractivity contribution in [2.45, 2.75) is 11.8 Å². The Morgan fingerprint density at radius 1 is 1.07 bits per heavy atom. The molecule has 3 aromatic rings. The summed E-state index contributed by atoms with van der Waals surface area (Å²) < 4.78 is 0. The molecule has 0 saturated heterocycles. The summed E-state index contributed by atoms with van der Waals surface area (Å²) in [5.41, 5.74) is 1.41. The lowest BCUT2D eigenvalue weighted by Crippen LogP contribution is -2.48. The summed E-state index contributed by atoms with van der Waals surface area (Å²) in [5.74, 6) is -0.482. The van der Waals surface area contributed by atoms with Crippen LogP contribution < -0.4 is 15.5 Å². The average molecular weight is 387 g/mol. The highest BCUT2D eigenvalue weighted by Crippen LogP contribution is 2.51. The van der Waals surface area contributed by atoms with Crippen LogP contribution in [0.1, 0.15) is 17.5 Å². The number of fused-ring (bicyclic) bond motifs is 4. The fourth-order valence-electron chi connectivity index (χ4n) is 4.20. The van der Waals surface area contributed by atoms with Gasteiger partial charge in [0, 0.05) is 23.4 Å². The number of para-hydroxylation sites is 2. The van der Waals surface area contributed by atoms with E-state index in [4.69, 9.17) is 0 Å². The van der Waals surface area contributed by atoms with E-state index < -0.39 is 5.41 Å². The number of benzene rings is 2. The molecule has 29 heavy (non-hydrogen) atoms. The molecule has 8 heteroatoms. The van der Waals surface area contributed by atoms with Gasteiger partial charge in [-0.1, -0.05) is 36.4 Å². The van der Waals surface area contributed by atoms with Gasteiger partial charge in [0.25, 0.3) is 0 Å². The molecule has 2 aliphatic rings. The Bertz CT molecular complexity index is 1140. The molecule has 0 unspecified atom stereocenters. The van der Waals surface area contributed by atoms with E-state index in [2.05, 4.69) is 20.8 Å². The first kappa shape index (κ1) is 17.2. The predicted octanol–water partition coefficient (Wildman–Crippen LogP) is 2.02. The van der Waals surface area contributed by atoms with Gasteiger partial charge in [-0.3, -0.25) is 19.5 Å². The maximum absolute atomic E-state index is 13.7. The third-order valence-corrected chi connectivity index (χ3v) is 5.41. The summed E-state index contributed by atoms with van der Waals surface area (Å²) >= 11 is 0. The van der Waals surface area contributed by atoms with Gasteiger partial charge in [0.1, 0.15) is 17.8 Å². The second-order valence-corrected chi connectivity index (χ2v) is 7.11. The largest absolute Gasteiger partial charge is 0.325 e. The molecule has 1 spiro atoms. The van der Waals surface area contributed by atoms with Crippen LogP contribution in [0.2, 0.25) is 0 Å². The molecule has 0 fully saturated rings. The summed E-state index contributed by atoms with van der Waals surface area (Å²) in [6.07, 6.45) is 1.53. The van der Waals surface area contributed by atoms with Gasteiger partial charge in [-0.15, -0.1) is 0 Å². The Balaban J connectivity index is 1.54. The molecular formula is C21H17N5O3. The smallest absolute Gasteiger partial charge is 0.244 e. The minimum absolute atomic E-state index is 0.0355. The van der Waals surface area contributed by atoms with Crippen LogP contribution in [0.15, 0.2) is 60.8 Å². The van der Waals surface area contributed by atoms with Crippen molar-refractivity contribution < 1.29 is 14.4 Å². The van der Waals surface area contributed by atoms with Gasteiger partial charge in [0.15, 0.2) is 0 Å². The molecular weight excluding hydrogens is 370 g/mol. The first-order valence-corrected chi connectivity index (χ1v) is 9.19. The van der Waals surface area contributed by atoms with Crippen molar-refractivity contribution in [1.82, 2.24) is 10.2 Å². The van der Waals surface area contributed by atoms with Crippen molar-refractivity contribution >= 4 is 34.9 Å². The van der Waals surface area contributed by atoms with Crippen molar-refractivity contribution in [3.05, 3.63) is 71.9 Å². The minimum atomic E-state index is -1.19. The number of nitrogens with zero attached hydrogens (tertiary/aromatic N) is 2. The van der Waals surface area contributed by atoms with Gasteiger partial charge in [-0.25, -0.2) is 0 Å². The summed E-state index contributed by atoms with van der Waals surface area (Å²) in [6.45, 7) is -0.151. The molecule has 2 aromatic carbocycles. The van der Waals surface area contributed by atoms with E-state index >= 15 is 0 Å². The van der Waals surface area contributed by atoms with Crippen LogP contribution in [-0.2, 0) is 19.8 Å². The standard InChI is InChI=1S/C21H17N5O3/c27-17-10-21(15-11-22-25-19(15)24-17)14-8-4-5-9-16(14)26(20(21)29)12-18(28)23-13-6-2-1-3-7-13/h1-9,11H,10,12H2,(H,23,28)(H2,22,24,25,27)/t21-/m0/s1. The lowest BCUT2D eigenvalue weighted by Gasteiger charge is -2.31. The van der Waals surface area contributed by atoms with Crippen LogP contribution in [0, 0.1) is 0 Å². The highest BCUT2D eigenvalue weighted by atomic mass is 16.2. The molecule has 1 aromatic heterocycles. The normalized spacial score (nSPS) is 19.7. The third kappa shape index (κ3) is 2.53. The number of nitrogens with one attached hydrogen (secondary N) is 3. The number of H-pyrrole nitrogens is 1. The lowest BCUT2D eigenvalue weighted by atomic mass is 9.72. The van der Waals surface area contributed by atoms with Crippen molar-refractivity contribution in [1.29, 1.82) is 0 Å². The molecule has 0 saturated carbocycles. The number of amides is 3. The topological polar surface area (TPSA) is 107 Å². The second-order valence-electron chi connectivity index (χ2n) is 7.11. The number of hydrogen-bond donors (Lipinski definition) is 3. The van der Waals surface area contributed by atoms with E-state index in [1.165, 1.54) is 4.90 Å². The van der Waals surface area contributed by atoms with E-state index in [1.807, 2.05) is 36.4 Å². The summed E-state index contributed by atoms with van der Waals surface area (Å²) in [7, 11) is 0. The molecule has 3 amide bonds. The van der Waals surface area contributed by atoms with Gasteiger partial charge in [0.05, 0.1) is 6.20 Å². The van der Waals surface area contributed by atoms with Crippen LogP contribution in [-0.4, -0.2) is 34.5 Å². The zero-order chi connectivity index (χ0) is 20.0. The van der Waals surface area contributed by atoms with E-state index in [0.717, 1.165) is 0 Å². The minimum Gasteiger partial charge on any atom is -0.325 e. The van der Waals surface area contributed by atoms with E-state index in [-0.39, 0.29) is 30.7 Å². The SMILES string of the molecule is O=C(CN1C(=O)[C@@]2(CC(=O)Nc3[nH]ncc32)c2ccccc21)Nc1ccccc1. The number of carbonyl (C=O) groups excluding carboxylic acids is 3. The molecule has 144 valence electrons. The van der Waals surface area contributed by atoms with E-state index in [0.29, 0.717) is 28.3 Å². The number of aromatic amines is 1. The number of aromatic nitrogens is 2. The molecule has 5 rings (SSSR count). The highest BCUT2D eigenvalue weighted by molar-refractivity contribution is 6.17. The Kier molecular flexibility index (Phi) is 3.73. The Hall–Kier alpha value is -3.94. The molecule has 1 atom stereocenters. The number of anilines is 3. The Morgan fingerprint density at radius 3 is 2.66 bits per heavy atom. The molecule has 0 aliphatic carbocycles. The molecule has 3 heterocycles. The first-order valence-electron chi connectivity index (χ1n) is 9.19. The van der Waals surface area contributed by atoms with Gasteiger partial charge >= 0.3 is 0 Å². The first-order chi connectivity index (χ1) is 14.1. The summed E-state index contributed by atoms with van der Waals surface area (Å²) in [6, 6.07) is 16.3. The summed E-state index contributed by atoms with van der Waals surface area (Å²) in [4.78, 5) is 40.2. The maximum atomic E-state index is 13.7. The third-order valence-electron chi connectivity index (χ3n) is 5.41. The maximum Gasteiger partial charge on any atom is 0.244 e. The van der Waals surface area contributed by atoms with Crippen LogP contribution in [0.3, 0.4) is 0 Å². The van der Waals surface area contributed by atoms with Crippen LogP contribution in [0.5, 0.6) is 0 Å². The van der Waals surface area contributed by atoms with Crippen molar-refractivity contribution in [3.8, 4) is 0 Å². The zero-order valence-corrected chi connectivity index (χ0v) is 15.3. The lowest BCUT2D eigenvalue weighted by molar-refractivity contribution is -0.127. The molecule has 0 bridgehead atoms. The average Bonchev–Trinajstić information content (AvgIpc) is 3.27. The quantitative estimate of drug-likeness (QED) is 0.639. The number of hydrogen-bond acceptors (Lipinski definition) is 4. The zero-order valence-electron chi connectivity index (χ0n) is 15.3. The van der Waals surface area contributed by atoms with Crippen LogP contribution in [0.4, 0.5) is 17.2 Å². The molecule has 2 aliphatic heterocycles. The van der Waals surface area contributed by atoms with Crippen LogP contribution >= 0.6 is 0 Å². The van der Waals surface area contributed by atoms with E-state index in [1.54, 1.807) is 24.4 Å². The second kappa shape index (κ2) is 6.30. The van der Waals surface area contributed by atoms with Crippen molar-refractivity contribution in [3.63, 3.8) is 0 Å². The fourth-order valence-corrected chi connectivity index (χ4v) is 4.20. The van der Waals surface area contributed by atoms with Crippen LogP contribution in [0.25, 0.3) is 0 Å². The van der Waals surface area contributed by atoms with Crippen molar-refractivity contribution in [2.24, 2.45) is 0 Å². The molecule has 8 nitrogen and oxygen atoms in total. The van der Waals surface area contributed by atoms with Crippen molar-refractivity contribution in [2.75, 3.05) is 22.1 Å². The number of rotatable bonds is 3.